The molecule has 1 aliphatic heterocycles. The molecule has 1 unspecified atom stereocenters. The molecular weight excluding hydrogens is 280 g/mol. The summed E-state index contributed by atoms with van der Waals surface area (Å²) in [5.41, 5.74) is -0.0184. The highest BCUT2D eigenvalue weighted by Gasteiger charge is 2.27. The van der Waals surface area contributed by atoms with E-state index in [1.807, 2.05) is 0 Å². The van der Waals surface area contributed by atoms with Crippen molar-refractivity contribution in [3.8, 4) is 0 Å². The predicted molar refractivity (Wildman–Crippen MR) is 72.3 cm³/mol. The van der Waals surface area contributed by atoms with Crippen LogP contribution in [0.25, 0.3) is 6.08 Å². The van der Waals surface area contributed by atoms with Gasteiger partial charge < -0.3 is 10.0 Å². The van der Waals surface area contributed by atoms with Gasteiger partial charge in [0.1, 0.15) is 0 Å². The zero-order valence-electron chi connectivity index (χ0n) is 11.3. The fourth-order valence-electron chi connectivity index (χ4n) is 2.29. The molecule has 1 fully saturated rings. The molecule has 0 aromatic heterocycles. The van der Waals surface area contributed by atoms with Crippen LogP contribution < -0.4 is 0 Å². The number of likely N-dealkylation sites (tertiary alicyclic amines) is 1. The number of carbonyl (C=O) groups excluding carboxylic acids is 1. The standard InChI is InChI=1S/C15H15F2NO3/c16-12-5-1-3-10(14(12)17)6-7-13(19)18-8-2-4-11(9-18)15(20)21/h1,3,5-7,11H,2,4,8-9H2,(H,20,21)/b7-6+. The Kier molecular flexibility index (Phi) is 4.67. The summed E-state index contributed by atoms with van der Waals surface area (Å²) in [5, 5.41) is 8.97. The predicted octanol–water partition coefficient (Wildman–Crippen LogP) is 2.30. The van der Waals surface area contributed by atoms with Crippen LogP contribution in [-0.4, -0.2) is 35.0 Å². The van der Waals surface area contributed by atoms with Gasteiger partial charge in [-0.15, -0.1) is 0 Å². The molecular formula is C15H15F2NO3. The molecule has 0 saturated carbocycles. The number of hydrogen-bond acceptors (Lipinski definition) is 2. The average molecular weight is 295 g/mol. The van der Waals surface area contributed by atoms with E-state index < -0.39 is 29.4 Å². The average Bonchev–Trinajstić information content (AvgIpc) is 2.48. The van der Waals surface area contributed by atoms with E-state index in [0.29, 0.717) is 19.4 Å². The summed E-state index contributed by atoms with van der Waals surface area (Å²) in [6.45, 7) is 0.614. The topological polar surface area (TPSA) is 57.6 Å². The zero-order valence-corrected chi connectivity index (χ0v) is 11.3. The Hall–Kier alpha value is -2.24. The zero-order chi connectivity index (χ0) is 15.4. The first-order valence-electron chi connectivity index (χ1n) is 6.63. The van der Waals surface area contributed by atoms with Crippen LogP contribution in [0.5, 0.6) is 0 Å². The molecule has 1 N–H and O–H groups in total. The molecule has 2 rings (SSSR count). The number of hydrogen-bond donors (Lipinski definition) is 1. The SMILES string of the molecule is O=C(O)C1CCCN(C(=O)/C=C/c2cccc(F)c2F)C1. The Labute approximate surface area is 120 Å². The van der Waals surface area contributed by atoms with Gasteiger partial charge in [0, 0.05) is 24.7 Å². The lowest BCUT2D eigenvalue weighted by Crippen LogP contribution is -2.41. The van der Waals surface area contributed by atoms with Gasteiger partial charge in [-0.3, -0.25) is 9.59 Å². The molecule has 1 aromatic carbocycles. The third-order valence-corrected chi connectivity index (χ3v) is 3.47. The van der Waals surface area contributed by atoms with E-state index >= 15 is 0 Å². The summed E-state index contributed by atoms with van der Waals surface area (Å²) in [4.78, 5) is 24.3. The summed E-state index contributed by atoms with van der Waals surface area (Å²) in [6.07, 6.45) is 3.50. The summed E-state index contributed by atoms with van der Waals surface area (Å²) in [7, 11) is 0. The van der Waals surface area contributed by atoms with Crippen molar-refractivity contribution in [3.05, 3.63) is 41.5 Å². The normalized spacial score (nSPS) is 19.0. The Morgan fingerprint density at radius 1 is 1.33 bits per heavy atom. The second kappa shape index (κ2) is 6.47. The molecule has 21 heavy (non-hydrogen) atoms. The Morgan fingerprint density at radius 2 is 2.10 bits per heavy atom. The minimum atomic E-state index is -1.01. The molecule has 0 radical (unpaired) electrons. The number of carbonyl (C=O) groups is 2. The van der Waals surface area contributed by atoms with E-state index in [1.54, 1.807) is 0 Å². The van der Waals surface area contributed by atoms with Gasteiger partial charge in [0.05, 0.1) is 5.92 Å². The molecule has 1 atom stereocenters. The number of carboxylic acids is 1. The van der Waals surface area contributed by atoms with Crippen LogP contribution in [0, 0.1) is 17.6 Å². The number of amides is 1. The number of halogens is 2. The number of benzene rings is 1. The summed E-state index contributed by atoms with van der Waals surface area (Å²) in [6, 6.07) is 3.71. The first-order valence-corrected chi connectivity index (χ1v) is 6.63. The fourth-order valence-corrected chi connectivity index (χ4v) is 2.29. The molecule has 4 nitrogen and oxygen atoms in total. The number of rotatable bonds is 3. The van der Waals surface area contributed by atoms with E-state index in [1.165, 1.54) is 23.1 Å². The maximum Gasteiger partial charge on any atom is 0.308 e. The largest absolute Gasteiger partial charge is 0.481 e. The van der Waals surface area contributed by atoms with Gasteiger partial charge in [0.2, 0.25) is 5.91 Å². The third-order valence-electron chi connectivity index (χ3n) is 3.47. The second-order valence-electron chi connectivity index (χ2n) is 4.94. The van der Waals surface area contributed by atoms with Gasteiger partial charge in [-0.2, -0.15) is 0 Å². The lowest BCUT2D eigenvalue weighted by molar-refractivity contribution is -0.144. The number of piperidine rings is 1. The monoisotopic (exact) mass is 295 g/mol. The molecule has 1 saturated heterocycles. The maximum absolute atomic E-state index is 13.4. The van der Waals surface area contributed by atoms with Crippen LogP contribution >= 0.6 is 0 Å². The fraction of sp³-hybridized carbons (Fsp3) is 0.333. The summed E-state index contributed by atoms with van der Waals surface area (Å²) in [5.74, 6) is -3.88. The van der Waals surface area contributed by atoms with Crippen LogP contribution in [0.2, 0.25) is 0 Å². The van der Waals surface area contributed by atoms with Crippen molar-refractivity contribution in [2.75, 3.05) is 13.1 Å². The lowest BCUT2D eigenvalue weighted by Gasteiger charge is -2.29. The molecule has 6 heteroatoms. The molecule has 1 heterocycles. The Balaban J connectivity index is 2.05. The molecule has 112 valence electrons. The molecule has 1 aromatic rings. The van der Waals surface area contributed by atoms with Crippen molar-refractivity contribution in [2.45, 2.75) is 12.8 Å². The second-order valence-corrected chi connectivity index (χ2v) is 4.94. The molecule has 0 bridgehead atoms. The first kappa shape index (κ1) is 15.2. The van der Waals surface area contributed by atoms with E-state index in [9.17, 15) is 18.4 Å². The van der Waals surface area contributed by atoms with Crippen molar-refractivity contribution < 1.29 is 23.5 Å². The highest BCUT2D eigenvalue weighted by atomic mass is 19.2. The van der Waals surface area contributed by atoms with E-state index in [2.05, 4.69) is 0 Å². The smallest absolute Gasteiger partial charge is 0.308 e. The highest BCUT2D eigenvalue weighted by Crippen LogP contribution is 2.18. The van der Waals surface area contributed by atoms with Crippen molar-refractivity contribution >= 4 is 18.0 Å². The number of aliphatic carboxylic acids is 1. The first-order chi connectivity index (χ1) is 9.99. The van der Waals surface area contributed by atoms with Crippen LogP contribution in [-0.2, 0) is 9.59 Å². The van der Waals surface area contributed by atoms with E-state index in [4.69, 9.17) is 5.11 Å². The summed E-state index contributed by atoms with van der Waals surface area (Å²) >= 11 is 0. The van der Waals surface area contributed by atoms with Crippen LogP contribution in [0.1, 0.15) is 18.4 Å². The van der Waals surface area contributed by atoms with Gasteiger partial charge in [-0.05, 0) is 25.0 Å². The molecule has 1 aliphatic rings. The van der Waals surface area contributed by atoms with Gasteiger partial charge in [-0.1, -0.05) is 12.1 Å². The van der Waals surface area contributed by atoms with Crippen molar-refractivity contribution in [3.63, 3.8) is 0 Å². The van der Waals surface area contributed by atoms with Crippen molar-refractivity contribution in [2.24, 2.45) is 5.92 Å². The highest BCUT2D eigenvalue weighted by molar-refractivity contribution is 5.92. The van der Waals surface area contributed by atoms with Gasteiger partial charge in [0.15, 0.2) is 11.6 Å². The summed E-state index contributed by atoms with van der Waals surface area (Å²) < 4.78 is 26.5. The maximum atomic E-state index is 13.4. The number of carboxylic acid groups (broad SMARTS) is 1. The van der Waals surface area contributed by atoms with Crippen LogP contribution in [0.4, 0.5) is 8.78 Å². The van der Waals surface area contributed by atoms with Crippen molar-refractivity contribution in [1.82, 2.24) is 4.90 Å². The van der Waals surface area contributed by atoms with E-state index in [0.717, 1.165) is 12.1 Å². The third kappa shape index (κ3) is 3.65. The minimum Gasteiger partial charge on any atom is -0.481 e. The van der Waals surface area contributed by atoms with Crippen molar-refractivity contribution in [1.29, 1.82) is 0 Å². The minimum absolute atomic E-state index is 0.0184. The van der Waals surface area contributed by atoms with E-state index in [-0.39, 0.29) is 12.1 Å². The Morgan fingerprint density at radius 3 is 2.81 bits per heavy atom. The molecule has 0 spiro atoms. The lowest BCUT2D eigenvalue weighted by atomic mass is 9.98. The molecule has 0 aliphatic carbocycles. The quantitative estimate of drug-likeness (QED) is 0.871. The van der Waals surface area contributed by atoms with Crippen LogP contribution in [0.3, 0.4) is 0 Å². The number of nitrogens with zero attached hydrogens (tertiary/aromatic N) is 1. The molecule has 1 amide bonds. The van der Waals surface area contributed by atoms with Gasteiger partial charge in [-0.25, -0.2) is 8.78 Å². The van der Waals surface area contributed by atoms with Gasteiger partial charge >= 0.3 is 5.97 Å². The van der Waals surface area contributed by atoms with Crippen LogP contribution in [0.15, 0.2) is 24.3 Å². The Bertz CT molecular complexity index is 586. The van der Waals surface area contributed by atoms with Gasteiger partial charge in [0.25, 0.3) is 0 Å².